The average Bonchev–Trinajstić information content (AvgIpc) is 1.96. The molecule has 0 saturated carbocycles. The van der Waals surface area contributed by atoms with Gasteiger partial charge in [-0.05, 0) is 37.5 Å². The summed E-state index contributed by atoms with van der Waals surface area (Å²) in [5, 5.41) is 0. The third kappa shape index (κ3) is 3.75. The number of aryl methyl sites for hydroxylation is 1. The Balaban J connectivity index is 0.00000144. The Morgan fingerprint density at radius 2 is 2.08 bits per heavy atom. The van der Waals surface area contributed by atoms with Gasteiger partial charge in [0.1, 0.15) is 5.82 Å². The molecule has 13 heavy (non-hydrogen) atoms. The summed E-state index contributed by atoms with van der Waals surface area (Å²) in [6.45, 7) is 3.71. The zero-order chi connectivity index (χ0) is 9.14. The second kappa shape index (κ2) is 5.20. The number of halogens is 2. The van der Waals surface area contributed by atoms with Crippen LogP contribution >= 0.6 is 12.4 Å². The van der Waals surface area contributed by atoms with Crippen molar-refractivity contribution < 1.29 is 4.39 Å². The molecule has 0 aliphatic rings. The molecule has 0 radical (unpaired) electrons. The van der Waals surface area contributed by atoms with Gasteiger partial charge in [-0.15, -0.1) is 12.4 Å². The summed E-state index contributed by atoms with van der Waals surface area (Å²) in [6.07, 6.45) is 0.807. The molecule has 0 spiro atoms. The first-order chi connectivity index (χ1) is 5.59. The number of rotatable bonds is 2. The van der Waals surface area contributed by atoms with Crippen molar-refractivity contribution in [2.24, 2.45) is 5.73 Å². The van der Waals surface area contributed by atoms with Gasteiger partial charge >= 0.3 is 0 Å². The quantitative estimate of drug-likeness (QED) is 0.785. The van der Waals surface area contributed by atoms with Gasteiger partial charge in [0.2, 0.25) is 0 Å². The largest absolute Gasteiger partial charge is 0.328 e. The third-order valence-corrected chi connectivity index (χ3v) is 1.78. The van der Waals surface area contributed by atoms with Crippen LogP contribution in [0.15, 0.2) is 18.2 Å². The average molecular weight is 204 g/mol. The van der Waals surface area contributed by atoms with Crippen molar-refractivity contribution in [2.75, 3.05) is 0 Å². The molecule has 0 saturated heterocycles. The lowest BCUT2D eigenvalue weighted by Gasteiger charge is -2.05. The van der Waals surface area contributed by atoms with E-state index in [1.165, 1.54) is 6.07 Å². The van der Waals surface area contributed by atoms with Crippen molar-refractivity contribution in [3.05, 3.63) is 35.1 Å². The molecule has 1 aromatic rings. The van der Waals surface area contributed by atoms with Crippen LogP contribution in [-0.4, -0.2) is 6.04 Å². The lowest BCUT2D eigenvalue weighted by atomic mass is 10.1. The van der Waals surface area contributed by atoms with E-state index in [0.29, 0.717) is 5.56 Å². The molecule has 0 aromatic heterocycles. The smallest absolute Gasteiger partial charge is 0.126 e. The first-order valence-electron chi connectivity index (χ1n) is 4.10. The van der Waals surface area contributed by atoms with Gasteiger partial charge in [-0.3, -0.25) is 0 Å². The predicted molar refractivity (Wildman–Crippen MR) is 55.7 cm³/mol. The maximum atomic E-state index is 12.8. The van der Waals surface area contributed by atoms with Crippen LogP contribution in [0.1, 0.15) is 18.1 Å². The summed E-state index contributed by atoms with van der Waals surface area (Å²) >= 11 is 0. The van der Waals surface area contributed by atoms with Crippen LogP contribution in [0.3, 0.4) is 0 Å². The van der Waals surface area contributed by atoms with Crippen LogP contribution in [0.4, 0.5) is 4.39 Å². The minimum atomic E-state index is -0.150. The third-order valence-electron chi connectivity index (χ3n) is 1.78. The highest BCUT2D eigenvalue weighted by Crippen LogP contribution is 2.10. The molecule has 0 aliphatic carbocycles. The molecule has 2 N–H and O–H groups in total. The standard InChI is InChI=1S/C10H14FN.ClH/c1-7-5-9(6-8(2)12)3-4-10(7)11;/h3-5,8H,6,12H2,1-2H3;1H. The highest BCUT2D eigenvalue weighted by atomic mass is 35.5. The lowest BCUT2D eigenvalue weighted by Crippen LogP contribution is -2.17. The van der Waals surface area contributed by atoms with Gasteiger partial charge in [0.15, 0.2) is 0 Å². The maximum absolute atomic E-state index is 12.8. The summed E-state index contributed by atoms with van der Waals surface area (Å²) in [4.78, 5) is 0. The molecule has 1 rings (SSSR count). The zero-order valence-corrected chi connectivity index (χ0v) is 8.70. The molecule has 0 bridgehead atoms. The van der Waals surface area contributed by atoms with E-state index in [4.69, 9.17) is 5.73 Å². The van der Waals surface area contributed by atoms with Crippen LogP contribution in [0, 0.1) is 12.7 Å². The van der Waals surface area contributed by atoms with Crippen molar-refractivity contribution in [1.29, 1.82) is 0 Å². The van der Waals surface area contributed by atoms with Crippen LogP contribution < -0.4 is 5.73 Å². The molecule has 0 fully saturated rings. The summed E-state index contributed by atoms with van der Waals surface area (Å²) in [5.74, 6) is -0.150. The molecular weight excluding hydrogens is 189 g/mol. The molecule has 1 atom stereocenters. The van der Waals surface area contributed by atoms with E-state index in [-0.39, 0.29) is 24.3 Å². The van der Waals surface area contributed by atoms with Gasteiger partial charge in [0, 0.05) is 6.04 Å². The van der Waals surface area contributed by atoms with E-state index in [1.807, 2.05) is 13.0 Å². The van der Waals surface area contributed by atoms with Gasteiger partial charge < -0.3 is 5.73 Å². The summed E-state index contributed by atoms with van der Waals surface area (Å²) in [6, 6.07) is 5.26. The van der Waals surface area contributed by atoms with E-state index in [1.54, 1.807) is 13.0 Å². The zero-order valence-electron chi connectivity index (χ0n) is 7.88. The Morgan fingerprint density at radius 3 is 2.54 bits per heavy atom. The normalized spacial score (nSPS) is 12.0. The van der Waals surface area contributed by atoms with Crippen molar-refractivity contribution in [3.63, 3.8) is 0 Å². The van der Waals surface area contributed by atoms with Crippen molar-refractivity contribution in [2.45, 2.75) is 26.3 Å². The summed E-state index contributed by atoms with van der Waals surface area (Å²) < 4.78 is 12.8. The van der Waals surface area contributed by atoms with Gasteiger partial charge in [-0.25, -0.2) is 4.39 Å². The Labute approximate surface area is 84.5 Å². The van der Waals surface area contributed by atoms with Gasteiger partial charge in [-0.1, -0.05) is 12.1 Å². The minimum absolute atomic E-state index is 0. The fourth-order valence-electron chi connectivity index (χ4n) is 1.21. The van der Waals surface area contributed by atoms with Crippen LogP contribution in [0.5, 0.6) is 0 Å². The van der Waals surface area contributed by atoms with E-state index >= 15 is 0 Å². The van der Waals surface area contributed by atoms with E-state index < -0.39 is 0 Å². The van der Waals surface area contributed by atoms with Crippen molar-refractivity contribution in [1.82, 2.24) is 0 Å². The Bertz CT molecular complexity index is 274. The molecule has 1 nitrogen and oxygen atoms in total. The van der Waals surface area contributed by atoms with Crippen LogP contribution in [0.2, 0.25) is 0 Å². The number of hydrogen-bond donors (Lipinski definition) is 1. The maximum Gasteiger partial charge on any atom is 0.126 e. The van der Waals surface area contributed by atoms with Crippen molar-refractivity contribution >= 4 is 12.4 Å². The first kappa shape index (κ1) is 12.4. The minimum Gasteiger partial charge on any atom is -0.328 e. The monoisotopic (exact) mass is 203 g/mol. The number of nitrogens with two attached hydrogens (primary N) is 1. The van der Waals surface area contributed by atoms with E-state index in [2.05, 4.69) is 0 Å². The first-order valence-corrected chi connectivity index (χ1v) is 4.10. The molecule has 74 valence electrons. The van der Waals surface area contributed by atoms with Crippen LogP contribution in [0.25, 0.3) is 0 Å². The Kier molecular flexibility index (Phi) is 4.96. The summed E-state index contributed by atoms with van der Waals surface area (Å²) in [7, 11) is 0. The Hall–Kier alpha value is -0.600. The highest BCUT2D eigenvalue weighted by molar-refractivity contribution is 5.85. The molecule has 0 heterocycles. The van der Waals surface area contributed by atoms with Gasteiger partial charge in [0.25, 0.3) is 0 Å². The molecule has 3 heteroatoms. The molecule has 1 aromatic carbocycles. The van der Waals surface area contributed by atoms with E-state index in [9.17, 15) is 4.39 Å². The fourth-order valence-corrected chi connectivity index (χ4v) is 1.21. The number of benzene rings is 1. The SMILES string of the molecule is Cc1cc(CC(C)N)ccc1F.Cl. The molecule has 0 amide bonds. The van der Waals surface area contributed by atoms with Crippen LogP contribution in [-0.2, 0) is 6.42 Å². The highest BCUT2D eigenvalue weighted by Gasteiger charge is 2.00. The second-order valence-corrected chi connectivity index (χ2v) is 3.26. The Morgan fingerprint density at radius 1 is 1.46 bits per heavy atom. The molecule has 0 aliphatic heterocycles. The van der Waals surface area contributed by atoms with E-state index in [0.717, 1.165) is 12.0 Å². The number of hydrogen-bond acceptors (Lipinski definition) is 1. The molecular formula is C10H15ClFN. The predicted octanol–water partition coefficient (Wildman–Crippen LogP) is 2.45. The van der Waals surface area contributed by atoms with Crippen molar-refractivity contribution in [3.8, 4) is 0 Å². The molecule has 1 unspecified atom stereocenters. The fraction of sp³-hybridized carbons (Fsp3) is 0.400. The topological polar surface area (TPSA) is 26.0 Å². The summed E-state index contributed by atoms with van der Waals surface area (Å²) in [5.41, 5.74) is 7.41. The van der Waals surface area contributed by atoms with Gasteiger partial charge in [-0.2, -0.15) is 0 Å². The lowest BCUT2D eigenvalue weighted by molar-refractivity contribution is 0.616. The second-order valence-electron chi connectivity index (χ2n) is 3.26. The van der Waals surface area contributed by atoms with Gasteiger partial charge in [0.05, 0.1) is 0 Å².